The van der Waals surface area contributed by atoms with Crippen molar-refractivity contribution in [2.45, 2.75) is 53.7 Å². The second-order valence-corrected chi connectivity index (χ2v) is 9.84. The quantitative estimate of drug-likeness (QED) is 0.111. The Balaban J connectivity index is 6.21. The molecule has 0 aliphatic carbocycles. The molecule has 0 aromatic carbocycles. The maximum atomic E-state index is 13.8. The summed E-state index contributed by atoms with van der Waals surface area (Å²) in [4.78, 5) is 0. The van der Waals surface area contributed by atoms with Crippen LogP contribution in [0.2, 0.25) is 0 Å². The van der Waals surface area contributed by atoms with Gasteiger partial charge in [0.25, 0.3) is 0 Å². The van der Waals surface area contributed by atoms with Crippen molar-refractivity contribution in [3.8, 4) is 0 Å². The Hall–Kier alpha value is -0.580. The Bertz CT molecular complexity index is 532. The maximum absolute atomic E-state index is 13.8. The highest BCUT2D eigenvalue weighted by atomic mass is 35.5. The molecule has 0 atom stereocenters. The number of halogens is 3. The third-order valence-corrected chi connectivity index (χ3v) is 6.72. The normalized spacial score (nSPS) is 12.8. The SMILES string of the molecule is C=CCC(Cl)(CC=C)OP(=O)(OC(Cl)(CC=C)CC=C)OC(Cl)(CC=C)CC=C. The van der Waals surface area contributed by atoms with Gasteiger partial charge in [0, 0.05) is 38.5 Å². The minimum atomic E-state index is -4.44. The average Bonchev–Trinajstić information content (AvgIpc) is 2.54. The Morgan fingerprint density at radius 3 is 0.862 bits per heavy atom. The first kappa shape index (κ1) is 28.4. The summed E-state index contributed by atoms with van der Waals surface area (Å²) in [7, 11) is -4.44. The van der Waals surface area contributed by atoms with Gasteiger partial charge < -0.3 is 0 Å². The third kappa shape index (κ3) is 10.3. The molecule has 0 saturated carbocycles. The molecule has 0 N–H and O–H groups in total. The Kier molecular flexibility index (Phi) is 12.7. The highest BCUT2D eigenvalue weighted by molar-refractivity contribution is 7.48. The number of hydrogen-bond donors (Lipinski definition) is 0. The summed E-state index contributed by atoms with van der Waals surface area (Å²) < 4.78 is 30.9. The zero-order valence-electron chi connectivity index (χ0n) is 16.7. The van der Waals surface area contributed by atoms with E-state index in [1.807, 2.05) is 0 Å². The molecule has 0 amide bonds. The zero-order chi connectivity index (χ0) is 22.6. The smallest absolute Gasteiger partial charge is 0.263 e. The van der Waals surface area contributed by atoms with E-state index in [9.17, 15) is 4.57 Å². The van der Waals surface area contributed by atoms with Gasteiger partial charge in [-0.25, -0.2) is 4.57 Å². The molecule has 29 heavy (non-hydrogen) atoms. The summed E-state index contributed by atoms with van der Waals surface area (Å²) in [6, 6.07) is 0. The van der Waals surface area contributed by atoms with Gasteiger partial charge in [-0.15, -0.1) is 39.5 Å². The van der Waals surface area contributed by atoms with Crippen molar-refractivity contribution < 1.29 is 18.1 Å². The second kappa shape index (κ2) is 13.0. The lowest BCUT2D eigenvalue weighted by molar-refractivity contribution is -0.000113. The molecule has 0 aliphatic rings. The number of hydrogen-bond acceptors (Lipinski definition) is 4. The minimum absolute atomic E-state index is 0.133. The van der Waals surface area contributed by atoms with Gasteiger partial charge in [-0.1, -0.05) is 71.3 Å². The molecule has 0 radical (unpaired) electrons. The predicted molar refractivity (Wildman–Crippen MR) is 125 cm³/mol. The highest BCUT2D eigenvalue weighted by Gasteiger charge is 2.48. The van der Waals surface area contributed by atoms with E-state index in [0.29, 0.717) is 0 Å². The highest BCUT2D eigenvalue weighted by Crippen LogP contribution is 2.62. The van der Waals surface area contributed by atoms with E-state index in [4.69, 9.17) is 48.4 Å². The van der Waals surface area contributed by atoms with Gasteiger partial charge in [0.1, 0.15) is 0 Å². The van der Waals surface area contributed by atoms with Gasteiger partial charge in [-0.3, -0.25) is 13.6 Å². The lowest BCUT2D eigenvalue weighted by Crippen LogP contribution is -2.32. The molecule has 0 saturated heterocycles. The fraction of sp³-hybridized carbons (Fsp3) is 0.429. The summed E-state index contributed by atoms with van der Waals surface area (Å²) in [5.41, 5.74) is 0. The Morgan fingerprint density at radius 2 is 0.724 bits per heavy atom. The topological polar surface area (TPSA) is 44.8 Å². The van der Waals surface area contributed by atoms with Crippen molar-refractivity contribution in [2.75, 3.05) is 0 Å². The maximum Gasteiger partial charge on any atom is 0.480 e. The van der Waals surface area contributed by atoms with Crippen molar-refractivity contribution in [1.29, 1.82) is 0 Å². The number of alkyl halides is 3. The molecular weight excluding hydrogens is 454 g/mol. The molecule has 0 aromatic heterocycles. The molecule has 4 nitrogen and oxygen atoms in total. The molecule has 0 unspecified atom stereocenters. The van der Waals surface area contributed by atoms with E-state index < -0.39 is 23.0 Å². The van der Waals surface area contributed by atoms with E-state index in [0.717, 1.165) is 0 Å². The summed E-state index contributed by atoms with van der Waals surface area (Å²) >= 11 is 19.6. The minimum Gasteiger partial charge on any atom is -0.263 e. The van der Waals surface area contributed by atoms with Crippen LogP contribution >= 0.6 is 42.6 Å². The molecule has 0 bridgehead atoms. The van der Waals surface area contributed by atoms with Crippen LogP contribution in [0.15, 0.2) is 75.9 Å². The van der Waals surface area contributed by atoms with E-state index >= 15 is 0 Å². The van der Waals surface area contributed by atoms with Crippen LogP contribution in [0.4, 0.5) is 0 Å². The van der Waals surface area contributed by atoms with E-state index in [-0.39, 0.29) is 38.5 Å². The Morgan fingerprint density at radius 1 is 0.552 bits per heavy atom. The standard InChI is InChI=1S/C21H30Cl3O4P/c1-7-13-19(22,14-8-2)26-29(25,27-20(23,15-9-3)16-10-4)28-21(24,17-11-5)18-12-6/h7-12H,1-6,13-18H2. The molecule has 0 fully saturated rings. The van der Waals surface area contributed by atoms with Crippen molar-refractivity contribution >= 4 is 42.6 Å². The van der Waals surface area contributed by atoms with Crippen molar-refractivity contribution in [1.82, 2.24) is 0 Å². The molecule has 0 rings (SSSR count). The summed E-state index contributed by atoms with van der Waals surface area (Å²) in [5.74, 6) is 0. The van der Waals surface area contributed by atoms with Crippen molar-refractivity contribution in [3.05, 3.63) is 75.9 Å². The van der Waals surface area contributed by atoms with Crippen LogP contribution in [-0.2, 0) is 18.1 Å². The summed E-state index contributed by atoms with van der Waals surface area (Å²) in [6.45, 7) is 21.9. The fourth-order valence-electron chi connectivity index (χ4n) is 2.42. The fourth-order valence-corrected chi connectivity index (χ4v) is 5.60. The predicted octanol–water partition coefficient (Wildman–Crippen LogP) is 8.41. The van der Waals surface area contributed by atoms with Gasteiger partial charge in [0.15, 0.2) is 15.2 Å². The van der Waals surface area contributed by atoms with Gasteiger partial charge in [-0.2, -0.15) is 0 Å². The van der Waals surface area contributed by atoms with Crippen LogP contribution in [0, 0.1) is 0 Å². The third-order valence-electron chi connectivity index (χ3n) is 3.52. The van der Waals surface area contributed by atoms with Crippen LogP contribution in [0.3, 0.4) is 0 Å². The van der Waals surface area contributed by atoms with Crippen LogP contribution in [0.5, 0.6) is 0 Å². The molecule has 164 valence electrons. The van der Waals surface area contributed by atoms with Crippen molar-refractivity contribution in [3.63, 3.8) is 0 Å². The first-order valence-corrected chi connectivity index (χ1v) is 11.5. The van der Waals surface area contributed by atoms with Gasteiger partial charge in [-0.05, 0) is 0 Å². The summed E-state index contributed by atoms with van der Waals surface area (Å²) in [5, 5.41) is -4.46. The first-order valence-electron chi connectivity index (χ1n) is 8.93. The largest absolute Gasteiger partial charge is 0.480 e. The van der Waals surface area contributed by atoms with Crippen LogP contribution in [0.1, 0.15) is 38.5 Å². The monoisotopic (exact) mass is 482 g/mol. The molecule has 8 heteroatoms. The van der Waals surface area contributed by atoms with Crippen LogP contribution < -0.4 is 0 Å². The van der Waals surface area contributed by atoms with E-state index in [2.05, 4.69) is 39.5 Å². The van der Waals surface area contributed by atoms with Crippen LogP contribution in [0.25, 0.3) is 0 Å². The van der Waals surface area contributed by atoms with Gasteiger partial charge >= 0.3 is 7.82 Å². The molecule has 0 aromatic rings. The number of rotatable bonds is 18. The number of phosphoric acid groups is 1. The first-order chi connectivity index (χ1) is 13.5. The lowest BCUT2D eigenvalue weighted by Gasteiger charge is -2.37. The molecule has 0 spiro atoms. The second-order valence-electron chi connectivity index (χ2n) is 6.33. The van der Waals surface area contributed by atoms with E-state index in [1.165, 1.54) is 36.5 Å². The van der Waals surface area contributed by atoms with Gasteiger partial charge in [0.2, 0.25) is 0 Å². The average molecular weight is 484 g/mol. The number of phosphoric ester groups is 1. The molecule has 0 heterocycles. The summed E-state index contributed by atoms with van der Waals surface area (Å²) in [6.07, 6.45) is 9.90. The molecular formula is C21H30Cl3O4P. The van der Waals surface area contributed by atoms with Crippen molar-refractivity contribution in [2.24, 2.45) is 0 Å². The Labute approximate surface area is 190 Å². The van der Waals surface area contributed by atoms with Gasteiger partial charge in [0.05, 0.1) is 0 Å². The molecule has 0 aliphatic heterocycles. The van der Waals surface area contributed by atoms with Crippen LogP contribution in [-0.4, -0.2) is 15.2 Å². The van der Waals surface area contributed by atoms with E-state index in [1.54, 1.807) is 0 Å². The lowest BCUT2D eigenvalue weighted by atomic mass is 10.2. The zero-order valence-corrected chi connectivity index (χ0v) is 19.8.